The minimum absolute atomic E-state index is 0.0577. The molecule has 1 N–H and O–H groups in total. The number of hydrogen-bond acceptors (Lipinski definition) is 4. The summed E-state index contributed by atoms with van der Waals surface area (Å²) in [5.41, 5.74) is 0.848. The van der Waals surface area contributed by atoms with Crippen molar-refractivity contribution in [2.45, 2.75) is 19.3 Å². The van der Waals surface area contributed by atoms with Crippen molar-refractivity contribution in [2.24, 2.45) is 0 Å². The minimum atomic E-state index is -0.127. The Balaban J connectivity index is 1.80. The number of imide groups is 1. The van der Waals surface area contributed by atoms with E-state index in [-0.39, 0.29) is 31.6 Å². The zero-order valence-electron chi connectivity index (χ0n) is 11.7. The van der Waals surface area contributed by atoms with Gasteiger partial charge in [0, 0.05) is 24.8 Å². The molecule has 0 saturated carbocycles. The van der Waals surface area contributed by atoms with Gasteiger partial charge in [-0.15, -0.1) is 0 Å². The van der Waals surface area contributed by atoms with E-state index in [9.17, 15) is 9.59 Å². The SMILES string of the molecule is O=C1CCC(=O)N1CCOc1ccc(C#CCCO)cc1. The fraction of sp³-hybridized carbons (Fsp3) is 0.375. The molecule has 1 aliphatic rings. The highest BCUT2D eigenvalue weighted by atomic mass is 16.5. The van der Waals surface area contributed by atoms with Crippen molar-refractivity contribution in [3.8, 4) is 17.6 Å². The van der Waals surface area contributed by atoms with Gasteiger partial charge in [-0.3, -0.25) is 14.5 Å². The first-order valence-corrected chi connectivity index (χ1v) is 6.86. The van der Waals surface area contributed by atoms with Crippen LogP contribution in [0.4, 0.5) is 0 Å². The number of hydrogen-bond donors (Lipinski definition) is 1. The third-order valence-electron chi connectivity index (χ3n) is 3.06. The van der Waals surface area contributed by atoms with E-state index >= 15 is 0 Å². The number of likely N-dealkylation sites (tertiary alicyclic amines) is 1. The molecule has 0 bridgehead atoms. The molecule has 110 valence electrons. The number of aliphatic hydroxyl groups is 1. The number of carbonyl (C=O) groups is 2. The smallest absolute Gasteiger partial charge is 0.229 e. The van der Waals surface area contributed by atoms with Crippen molar-refractivity contribution in [1.29, 1.82) is 0 Å². The predicted molar refractivity (Wildman–Crippen MR) is 76.5 cm³/mol. The molecule has 1 heterocycles. The summed E-state index contributed by atoms with van der Waals surface area (Å²) < 4.78 is 5.51. The quantitative estimate of drug-likeness (QED) is 0.647. The summed E-state index contributed by atoms with van der Waals surface area (Å²) in [5, 5.41) is 8.64. The van der Waals surface area contributed by atoms with Crippen LogP contribution in [0.5, 0.6) is 5.75 Å². The lowest BCUT2D eigenvalue weighted by Gasteiger charge is -2.14. The maximum absolute atomic E-state index is 11.4. The normalized spacial score (nSPS) is 14.0. The second-order valence-electron chi connectivity index (χ2n) is 4.59. The molecule has 0 aliphatic carbocycles. The molecule has 2 rings (SSSR count). The van der Waals surface area contributed by atoms with Gasteiger partial charge in [0.1, 0.15) is 12.4 Å². The Morgan fingerprint density at radius 2 is 1.81 bits per heavy atom. The number of rotatable bonds is 5. The second kappa shape index (κ2) is 7.46. The third-order valence-corrected chi connectivity index (χ3v) is 3.06. The molecule has 2 amide bonds. The van der Waals surface area contributed by atoms with Crippen LogP contribution in [0.1, 0.15) is 24.8 Å². The average molecular weight is 287 g/mol. The highest BCUT2D eigenvalue weighted by Crippen LogP contribution is 2.14. The lowest BCUT2D eigenvalue weighted by Crippen LogP contribution is -2.33. The van der Waals surface area contributed by atoms with Gasteiger partial charge in [-0.2, -0.15) is 0 Å². The summed E-state index contributed by atoms with van der Waals surface area (Å²) in [6, 6.07) is 7.23. The molecule has 0 unspecified atom stereocenters. The molecule has 1 aromatic rings. The van der Waals surface area contributed by atoms with Crippen LogP contribution >= 0.6 is 0 Å². The molecule has 0 spiro atoms. The molecule has 1 aromatic carbocycles. The number of amides is 2. The van der Waals surface area contributed by atoms with Gasteiger partial charge in [0.15, 0.2) is 0 Å². The molecule has 5 heteroatoms. The molecule has 0 atom stereocenters. The van der Waals surface area contributed by atoms with Gasteiger partial charge < -0.3 is 9.84 Å². The van der Waals surface area contributed by atoms with Crippen molar-refractivity contribution in [3.05, 3.63) is 29.8 Å². The Hall–Kier alpha value is -2.32. The highest BCUT2D eigenvalue weighted by molar-refractivity contribution is 6.01. The summed E-state index contributed by atoms with van der Waals surface area (Å²) in [6.45, 7) is 0.630. The first-order valence-electron chi connectivity index (χ1n) is 6.86. The molecule has 1 saturated heterocycles. The van der Waals surface area contributed by atoms with E-state index < -0.39 is 0 Å². The van der Waals surface area contributed by atoms with E-state index in [0.717, 1.165) is 5.56 Å². The van der Waals surface area contributed by atoms with Crippen LogP contribution in [0.25, 0.3) is 0 Å². The number of aliphatic hydroxyl groups excluding tert-OH is 1. The number of carbonyl (C=O) groups excluding carboxylic acids is 2. The summed E-state index contributed by atoms with van der Waals surface area (Å²) >= 11 is 0. The van der Waals surface area contributed by atoms with Crippen LogP contribution in [0, 0.1) is 11.8 Å². The van der Waals surface area contributed by atoms with Crippen molar-refractivity contribution < 1.29 is 19.4 Å². The van der Waals surface area contributed by atoms with Crippen LogP contribution in [0.15, 0.2) is 24.3 Å². The van der Waals surface area contributed by atoms with E-state index in [4.69, 9.17) is 9.84 Å². The Morgan fingerprint density at radius 3 is 2.43 bits per heavy atom. The molecule has 1 fully saturated rings. The van der Waals surface area contributed by atoms with Crippen molar-refractivity contribution >= 4 is 11.8 Å². The summed E-state index contributed by atoms with van der Waals surface area (Å²) in [6.07, 6.45) is 1.07. The monoisotopic (exact) mass is 287 g/mol. The van der Waals surface area contributed by atoms with E-state index in [1.165, 1.54) is 4.90 Å². The van der Waals surface area contributed by atoms with Gasteiger partial charge in [-0.25, -0.2) is 0 Å². The number of benzene rings is 1. The molecular weight excluding hydrogens is 270 g/mol. The first kappa shape index (κ1) is 15.1. The fourth-order valence-electron chi connectivity index (χ4n) is 1.98. The van der Waals surface area contributed by atoms with E-state index in [1.807, 2.05) is 12.1 Å². The lowest BCUT2D eigenvalue weighted by atomic mass is 10.2. The fourth-order valence-corrected chi connectivity index (χ4v) is 1.98. The van der Waals surface area contributed by atoms with Gasteiger partial charge in [0.25, 0.3) is 0 Å². The first-order chi connectivity index (χ1) is 10.2. The standard InChI is InChI=1S/C16H17NO4/c18-11-2-1-3-13-4-6-14(7-5-13)21-12-10-17-15(19)8-9-16(17)20/h4-7,18H,2,8-12H2. The number of ether oxygens (including phenoxy) is 1. The zero-order valence-corrected chi connectivity index (χ0v) is 11.7. The van der Waals surface area contributed by atoms with Gasteiger partial charge in [-0.05, 0) is 24.3 Å². The molecule has 21 heavy (non-hydrogen) atoms. The third kappa shape index (κ3) is 4.33. The number of nitrogens with zero attached hydrogens (tertiary/aromatic N) is 1. The Kier molecular flexibility index (Phi) is 5.35. The van der Waals surface area contributed by atoms with Crippen LogP contribution in [-0.2, 0) is 9.59 Å². The van der Waals surface area contributed by atoms with Crippen molar-refractivity contribution in [1.82, 2.24) is 4.90 Å². The average Bonchev–Trinajstić information content (AvgIpc) is 2.81. The van der Waals surface area contributed by atoms with Crippen molar-refractivity contribution in [2.75, 3.05) is 19.8 Å². The summed E-state index contributed by atoms with van der Waals surface area (Å²) in [4.78, 5) is 24.1. The molecular formula is C16H17NO4. The van der Waals surface area contributed by atoms with Crippen molar-refractivity contribution in [3.63, 3.8) is 0 Å². The van der Waals surface area contributed by atoms with Gasteiger partial charge in [0.05, 0.1) is 13.2 Å². The van der Waals surface area contributed by atoms with Crippen LogP contribution < -0.4 is 4.74 Å². The topological polar surface area (TPSA) is 66.8 Å². The maximum Gasteiger partial charge on any atom is 0.229 e. The minimum Gasteiger partial charge on any atom is -0.492 e. The lowest BCUT2D eigenvalue weighted by molar-refractivity contribution is -0.138. The molecule has 1 aliphatic heterocycles. The molecule has 5 nitrogen and oxygen atoms in total. The van der Waals surface area contributed by atoms with Crippen LogP contribution in [0.2, 0.25) is 0 Å². The Labute approximate surface area is 123 Å². The van der Waals surface area contributed by atoms with E-state index in [2.05, 4.69) is 11.8 Å². The molecule has 0 radical (unpaired) electrons. The van der Waals surface area contributed by atoms with Gasteiger partial charge in [-0.1, -0.05) is 11.8 Å². The summed E-state index contributed by atoms with van der Waals surface area (Å²) in [7, 11) is 0. The maximum atomic E-state index is 11.4. The molecule has 0 aromatic heterocycles. The predicted octanol–water partition coefficient (Wildman–Crippen LogP) is 0.948. The Bertz CT molecular complexity index is 552. The van der Waals surface area contributed by atoms with Crippen LogP contribution in [0.3, 0.4) is 0 Å². The Morgan fingerprint density at radius 1 is 1.14 bits per heavy atom. The van der Waals surface area contributed by atoms with Gasteiger partial charge >= 0.3 is 0 Å². The van der Waals surface area contributed by atoms with Gasteiger partial charge in [0.2, 0.25) is 11.8 Å². The highest BCUT2D eigenvalue weighted by Gasteiger charge is 2.28. The second-order valence-corrected chi connectivity index (χ2v) is 4.59. The van der Waals surface area contributed by atoms with E-state index in [0.29, 0.717) is 25.0 Å². The largest absolute Gasteiger partial charge is 0.492 e. The summed E-state index contributed by atoms with van der Waals surface area (Å²) in [5.74, 6) is 6.18. The zero-order chi connectivity index (χ0) is 15.1. The van der Waals surface area contributed by atoms with E-state index in [1.54, 1.807) is 12.1 Å². The van der Waals surface area contributed by atoms with Crippen LogP contribution in [-0.4, -0.2) is 41.6 Å².